The van der Waals surface area contributed by atoms with Crippen molar-refractivity contribution in [3.05, 3.63) is 92.9 Å². The molecule has 0 fully saturated rings. The molecule has 0 radical (unpaired) electrons. The summed E-state index contributed by atoms with van der Waals surface area (Å²) < 4.78 is 5.96. The topological polar surface area (TPSA) is 21.3 Å². The highest BCUT2D eigenvalue weighted by molar-refractivity contribution is 6.42. The van der Waals surface area contributed by atoms with Gasteiger partial charge in [-0.25, -0.2) is 0 Å². The van der Waals surface area contributed by atoms with Crippen LogP contribution in [0.2, 0.25) is 15.1 Å². The highest BCUT2D eigenvalue weighted by Gasteiger charge is 2.07. The molecular formula is C20H16Cl3NO. The molecule has 0 atom stereocenters. The van der Waals surface area contributed by atoms with Gasteiger partial charge in [-0.1, -0.05) is 65.1 Å². The van der Waals surface area contributed by atoms with Gasteiger partial charge < -0.3 is 10.1 Å². The zero-order chi connectivity index (χ0) is 17.6. The molecule has 3 rings (SSSR count). The molecule has 0 amide bonds. The maximum Gasteiger partial charge on any atom is 0.124 e. The summed E-state index contributed by atoms with van der Waals surface area (Å²) in [5.41, 5.74) is 2.96. The van der Waals surface area contributed by atoms with E-state index < -0.39 is 0 Å². The molecule has 0 heterocycles. The molecule has 0 spiro atoms. The fourth-order valence-corrected chi connectivity index (χ4v) is 2.86. The van der Waals surface area contributed by atoms with E-state index in [4.69, 9.17) is 39.5 Å². The number of rotatable bonds is 6. The molecule has 3 aromatic rings. The Bertz CT molecular complexity index is 853. The molecule has 0 aliphatic heterocycles. The molecule has 3 aromatic carbocycles. The fourth-order valence-electron chi connectivity index (χ4n) is 2.37. The maximum absolute atomic E-state index is 6.14. The lowest BCUT2D eigenvalue weighted by Crippen LogP contribution is -2.04. The first-order valence-corrected chi connectivity index (χ1v) is 8.89. The zero-order valence-corrected chi connectivity index (χ0v) is 15.6. The van der Waals surface area contributed by atoms with Crippen LogP contribution in [0.5, 0.6) is 5.75 Å². The van der Waals surface area contributed by atoms with Crippen LogP contribution in [-0.4, -0.2) is 0 Å². The number of ether oxygens (including phenoxy) is 1. The van der Waals surface area contributed by atoms with E-state index >= 15 is 0 Å². The Hall–Kier alpha value is -1.87. The smallest absolute Gasteiger partial charge is 0.124 e. The van der Waals surface area contributed by atoms with Crippen LogP contribution < -0.4 is 10.1 Å². The standard InChI is InChI=1S/C20H16Cl3NO/c21-16-6-9-20(25-13-14-4-2-1-3-5-14)15(10-16)12-24-17-7-8-18(22)19(23)11-17/h1-11,24H,12-13H2. The van der Waals surface area contributed by atoms with Crippen molar-refractivity contribution in [1.29, 1.82) is 0 Å². The molecule has 2 nitrogen and oxygen atoms in total. The minimum atomic E-state index is 0.502. The molecule has 128 valence electrons. The van der Waals surface area contributed by atoms with Crippen LogP contribution in [0.25, 0.3) is 0 Å². The summed E-state index contributed by atoms with van der Waals surface area (Å²) >= 11 is 18.1. The molecule has 0 unspecified atom stereocenters. The van der Waals surface area contributed by atoms with Gasteiger partial charge in [0, 0.05) is 22.8 Å². The summed E-state index contributed by atoms with van der Waals surface area (Å²) in [5.74, 6) is 0.792. The van der Waals surface area contributed by atoms with Gasteiger partial charge in [0.1, 0.15) is 12.4 Å². The average Bonchev–Trinajstić information content (AvgIpc) is 2.63. The highest BCUT2D eigenvalue weighted by atomic mass is 35.5. The first-order chi connectivity index (χ1) is 12.1. The summed E-state index contributed by atoms with van der Waals surface area (Å²) in [6.45, 7) is 1.06. The van der Waals surface area contributed by atoms with E-state index in [0.29, 0.717) is 28.2 Å². The van der Waals surface area contributed by atoms with Crippen molar-refractivity contribution in [2.45, 2.75) is 13.2 Å². The predicted octanol–water partition coefficient (Wildman–Crippen LogP) is 6.84. The number of hydrogen-bond acceptors (Lipinski definition) is 2. The SMILES string of the molecule is Clc1ccc(OCc2ccccc2)c(CNc2ccc(Cl)c(Cl)c2)c1. The lowest BCUT2D eigenvalue weighted by molar-refractivity contribution is 0.303. The van der Waals surface area contributed by atoms with Crippen molar-refractivity contribution in [3.63, 3.8) is 0 Å². The largest absolute Gasteiger partial charge is 0.489 e. The maximum atomic E-state index is 6.14. The van der Waals surface area contributed by atoms with E-state index in [1.165, 1.54) is 0 Å². The van der Waals surface area contributed by atoms with Crippen molar-refractivity contribution < 1.29 is 4.74 Å². The minimum Gasteiger partial charge on any atom is -0.489 e. The summed E-state index contributed by atoms with van der Waals surface area (Å²) in [5, 5.41) is 5.02. The fraction of sp³-hybridized carbons (Fsp3) is 0.100. The Morgan fingerprint density at radius 1 is 0.800 bits per heavy atom. The third kappa shape index (κ3) is 5.05. The molecule has 0 aromatic heterocycles. The second kappa shape index (κ2) is 8.48. The first-order valence-electron chi connectivity index (χ1n) is 7.76. The lowest BCUT2D eigenvalue weighted by Gasteiger charge is -2.14. The summed E-state index contributed by atoms with van der Waals surface area (Å²) in [7, 11) is 0. The van der Waals surface area contributed by atoms with E-state index in [1.54, 1.807) is 12.1 Å². The Labute approximate surface area is 162 Å². The van der Waals surface area contributed by atoms with Gasteiger partial charge in [0.05, 0.1) is 10.0 Å². The Balaban J connectivity index is 1.71. The molecule has 0 bridgehead atoms. The van der Waals surface area contributed by atoms with Crippen molar-refractivity contribution in [2.24, 2.45) is 0 Å². The van der Waals surface area contributed by atoms with Crippen LogP contribution >= 0.6 is 34.8 Å². The van der Waals surface area contributed by atoms with Crippen molar-refractivity contribution >= 4 is 40.5 Å². The number of benzene rings is 3. The number of anilines is 1. The van der Waals surface area contributed by atoms with Crippen LogP contribution in [0.4, 0.5) is 5.69 Å². The van der Waals surface area contributed by atoms with Crippen LogP contribution in [0.1, 0.15) is 11.1 Å². The Morgan fingerprint density at radius 2 is 1.60 bits per heavy atom. The van der Waals surface area contributed by atoms with E-state index in [1.807, 2.05) is 54.6 Å². The van der Waals surface area contributed by atoms with Crippen LogP contribution in [-0.2, 0) is 13.2 Å². The number of nitrogens with one attached hydrogen (secondary N) is 1. The van der Waals surface area contributed by atoms with Gasteiger partial charge in [-0.2, -0.15) is 0 Å². The summed E-state index contributed by atoms with van der Waals surface area (Å²) in [6.07, 6.45) is 0. The minimum absolute atomic E-state index is 0.502. The van der Waals surface area contributed by atoms with Gasteiger partial charge in [0.2, 0.25) is 0 Å². The van der Waals surface area contributed by atoms with Crippen LogP contribution in [0.15, 0.2) is 66.7 Å². The van der Waals surface area contributed by atoms with Gasteiger partial charge in [0.25, 0.3) is 0 Å². The first kappa shape index (κ1) is 17.9. The molecule has 0 aliphatic rings. The molecule has 0 aliphatic carbocycles. The van der Waals surface area contributed by atoms with Crippen molar-refractivity contribution in [1.82, 2.24) is 0 Å². The third-order valence-electron chi connectivity index (χ3n) is 3.66. The van der Waals surface area contributed by atoms with Gasteiger partial charge in [-0.15, -0.1) is 0 Å². The van der Waals surface area contributed by atoms with Gasteiger partial charge in [0.15, 0.2) is 0 Å². The second-order valence-corrected chi connectivity index (χ2v) is 6.76. The lowest BCUT2D eigenvalue weighted by atomic mass is 10.2. The van der Waals surface area contributed by atoms with Gasteiger partial charge in [-0.3, -0.25) is 0 Å². The third-order valence-corrected chi connectivity index (χ3v) is 4.64. The van der Waals surface area contributed by atoms with Crippen LogP contribution in [0.3, 0.4) is 0 Å². The van der Waals surface area contributed by atoms with E-state index in [0.717, 1.165) is 22.6 Å². The number of hydrogen-bond donors (Lipinski definition) is 1. The van der Waals surface area contributed by atoms with E-state index in [9.17, 15) is 0 Å². The monoisotopic (exact) mass is 391 g/mol. The van der Waals surface area contributed by atoms with E-state index in [2.05, 4.69) is 5.32 Å². The number of halogens is 3. The van der Waals surface area contributed by atoms with Crippen molar-refractivity contribution in [3.8, 4) is 5.75 Å². The summed E-state index contributed by atoms with van der Waals surface area (Å²) in [6, 6.07) is 21.1. The van der Waals surface area contributed by atoms with Crippen molar-refractivity contribution in [2.75, 3.05) is 5.32 Å². The molecule has 0 saturated carbocycles. The van der Waals surface area contributed by atoms with Gasteiger partial charge >= 0.3 is 0 Å². The highest BCUT2D eigenvalue weighted by Crippen LogP contribution is 2.28. The quantitative estimate of drug-likeness (QED) is 0.496. The predicted molar refractivity (Wildman–Crippen MR) is 106 cm³/mol. The molecule has 1 N–H and O–H groups in total. The zero-order valence-electron chi connectivity index (χ0n) is 13.3. The normalized spacial score (nSPS) is 10.5. The Morgan fingerprint density at radius 3 is 2.36 bits per heavy atom. The molecular weight excluding hydrogens is 377 g/mol. The average molecular weight is 393 g/mol. The summed E-state index contributed by atoms with van der Waals surface area (Å²) in [4.78, 5) is 0. The Kier molecular flexibility index (Phi) is 6.09. The van der Waals surface area contributed by atoms with Crippen LogP contribution in [0, 0.1) is 0 Å². The van der Waals surface area contributed by atoms with Gasteiger partial charge in [-0.05, 0) is 42.0 Å². The van der Waals surface area contributed by atoms with E-state index in [-0.39, 0.29) is 0 Å². The second-order valence-electron chi connectivity index (χ2n) is 5.51. The molecule has 25 heavy (non-hydrogen) atoms. The molecule has 0 saturated heterocycles. The molecule has 5 heteroatoms.